The molecule has 5 rings (SSSR count). The van der Waals surface area contributed by atoms with Gasteiger partial charge in [-0.3, -0.25) is 0 Å². The topological polar surface area (TPSA) is 56.7 Å². The highest BCUT2D eigenvalue weighted by Crippen LogP contribution is 2.44. The molecule has 4 aromatic rings. The summed E-state index contributed by atoms with van der Waals surface area (Å²) in [6.45, 7) is 0. The van der Waals surface area contributed by atoms with Crippen LogP contribution in [0.15, 0.2) is 46.9 Å². The number of benzene rings is 2. The molecule has 1 aliphatic carbocycles. The summed E-state index contributed by atoms with van der Waals surface area (Å²) in [7, 11) is 0. The summed E-state index contributed by atoms with van der Waals surface area (Å²) < 4.78 is 85.2. The van der Waals surface area contributed by atoms with Crippen molar-refractivity contribution in [3.63, 3.8) is 0 Å². The third kappa shape index (κ3) is 3.75. The summed E-state index contributed by atoms with van der Waals surface area (Å²) in [5, 5.41) is 4.59. The zero-order valence-electron chi connectivity index (χ0n) is 16.9. The number of hydrogen-bond acceptors (Lipinski definition) is 4. The van der Waals surface area contributed by atoms with Gasteiger partial charge < -0.3 is 4.42 Å². The molecule has 1 aliphatic rings. The Kier molecular flexibility index (Phi) is 4.95. The lowest BCUT2D eigenvalue weighted by atomic mass is 10.1. The molecule has 0 aliphatic heterocycles. The zero-order chi connectivity index (χ0) is 23.4. The molecular formula is C22H16F6N4O. The molecular weight excluding hydrogens is 450 g/mol. The first-order valence-electron chi connectivity index (χ1n) is 10.2. The number of aromatic nitrogens is 4. The van der Waals surface area contributed by atoms with E-state index in [0.29, 0.717) is 22.9 Å². The minimum absolute atomic E-state index is 0.150. The maximum Gasteiger partial charge on any atom is 0.463 e. The minimum Gasteiger partial charge on any atom is -0.435 e. The smallest absolute Gasteiger partial charge is 0.435 e. The molecule has 1 saturated carbocycles. The van der Waals surface area contributed by atoms with Crippen molar-refractivity contribution in [2.24, 2.45) is 0 Å². The molecule has 2 heterocycles. The van der Waals surface area contributed by atoms with Crippen LogP contribution >= 0.6 is 0 Å². The van der Waals surface area contributed by atoms with Gasteiger partial charge in [-0.05, 0) is 55.3 Å². The average molecular weight is 466 g/mol. The van der Waals surface area contributed by atoms with Gasteiger partial charge in [-0.25, -0.2) is 19.0 Å². The van der Waals surface area contributed by atoms with Crippen LogP contribution in [-0.2, 0) is 5.92 Å². The van der Waals surface area contributed by atoms with Crippen LogP contribution in [0.1, 0.15) is 43.3 Å². The van der Waals surface area contributed by atoms with E-state index in [9.17, 15) is 26.3 Å². The van der Waals surface area contributed by atoms with Crippen LogP contribution in [0, 0.1) is 5.82 Å². The van der Waals surface area contributed by atoms with Crippen molar-refractivity contribution in [3.8, 4) is 17.1 Å². The highest BCUT2D eigenvalue weighted by molar-refractivity contribution is 5.79. The number of nitrogens with zero attached hydrogens (tertiary/aromatic N) is 4. The lowest BCUT2D eigenvalue weighted by Crippen LogP contribution is -2.33. The van der Waals surface area contributed by atoms with Crippen LogP contribution in [-0.4, -0.2) is 25.9 Å². The van der Waals surface area contributed by atoms with Gasteiger partial charge in [0.1, 0.15) is 11.3 Å². The van der Waals surface area contributed by atoms with Crippen molar-refractivity contribution < 1.29 is 30.8 Å². The van der Waals surface area contributed by atoms with E-state index in [4.69, 9.17) is 4.42 Å². The number of hydrogen-bond donors (Lipinski definition) is 0. The Hall–Kier alpha value is -3.37. The van der Waals surface area contributed by atoms with E-state index in [-0.39, 0.29) is 17.0 Å². The van der Waals surface area contributed by atoms with Crippen molar-refractivity contribution in [1.82, 2.24) is 19.7 Å². The normalized spacial score (nSPS) is 15.6. The second-order valence-electron chi connectivity index (χ2n) is 7.94. The average Bonchev–Trinajstić information content (AvgIpc) is 3.51. The lowest BCUT2D eigenvalue weighted by molar-refractivity contribution is -0.297. The maximum absolute atomic E-state index is 13.7. The van der Waals surface area contributed by atoms with Crippen LogP contribution in [0.2, 0.25) is 0 Å². The molecule has 0 N–H and O–H groups in total. The quantitative estimate of drug-likeness (QED) is 0.321. The first-order chi connectivity index (χ1) is 15.6. The number of alkyl halides is 5. The van der Waals surface area contributed by atoms with Gasteiger partial charge in [0.05, 0.1) is 5.69 Å². The fourth-order valence-electron chi connectivity index (χ4n) is 3.95. The van der Waals surface area contributed by atoms with Crippen LogP contribution in [0.25, 0.3) is 28.2 Å². The molecule has 0 bridgehead atoms. The molecule has 5 nitrogen and oxygen atoms in total. The van der Waals surface area contributed by atoms with E-state index >= 15 is 0 Å². The van der Waals surface area contributed by atoms with E-state index in [2.05, 4.69) is 15.1 Å². The van der Waals surface area contributed by atoms with Crippen LogP contribution in [0.4, 0.5) is 26.3 Å². The van der Waals surface area contributed by atoms with E-state index in [1.54, 1.807) is 0 Å². The molecule has 33 heavy (non-hydrogen) atoms. The largest absolute Gasteiger partial charge is 0.463 e. The summed E-state index contributed by atoms with van der Waals surface area (Å²) in [5.74, 6) is -6.32. The molecule has 0 unspecified atom stereocenters. The van der Waals surface area contributed by atoms with Gasteiger partial charge in [0.25, 0.3) is 5.89 Å². The lowest BCUT2D eigenvalue weighted by Gasteiger charge is -2.15. The first kappa shape index (κ1) is 21.5. The van der Waals surface area contributed by atoms with Crippen LogP contribution < -0.4 is 0 Å². The summed E-state index contributed by atoms with van der Waals surface area (Å²) >= 11 is 0. The number of fused-ring (bicyclic) bond motifs is 1. The molecule has 2 aromatic heterocycles. The fourth-order valence-corrected chi connectivity index (χ4v) is 3.95. The summed E-state index contributed by atoms with van der Waals surface area (Å²) in [6.07, 6.45) is -1.90. The van der Waals surface area contributed by atoms with Gasteiger partial charge in [-0.1, -0.05) is 12.8 Å². The highest BCUT2D eigenvalue weighted by Gasteiger charge is 2.62. The second-order valence-corrected chi connectivity index (χ2v) is 7.94. The molecule has 0 atom stereocenters. The molecule has 0 saturated heterocycles. The van der Waals surface area contributed by atoms with E-state index in [1.165, 1.54) is 47.1 Å². The van der Waals surface area contributed by atoms with Crippen LogP contribution in [0.5, 0.6) is 0 Å². The maximum atomic E-state index is 13.7. The Morgan fingerprint density at radius 1 is 0.909 bits per heavy atom. The summed E-state index contributed by atoms with van der Waals surface area (Å²) in [5.41, 5.74) is 0.496. The third-order valence-electron chi connectivity index (χ3n) is 5.69. The fraction of sp³-hybridized carbons (Fsp3) is 0.318. The van der Waals surface area contributed by atoms with Gasteiger partial charge in [-0.2, -0.15) is 27.1 Å². The minimum atomic E-state index is -5.84. The predicted octanol–water partition coefficient (Wildman–Crippen LogP) is 6.53. The molecule has 1 fully saturated rings. The Balaban J connectivity index is 1.61. The predicted molar refractivity (Wildman–Crippen MR) is 105 cm³/mol. The Bertz CT molecular complexity index is 1300. The van der Waals surface area contributed by atoms with Crippen molar-refractivity contribution in [2.45, 2.75) is 43.7 Å². The van der Waals surface area contributed by atoms with Gasteiger partial charge in [0.2, 0.25) is 0 Å². The van der Waals surface area contributed by atoms with Gasteiger partial charge in [0.15, 0.2) is 17.2 Å². The standard InChI is InChI=1S/C22H16F6N4O/c23-14-6-8-15(9-7-14)32-19(30-18(31-32)12-3-1-2-4-12)13-5-10-16-17(11-13)33-20(29-16)21(24,25)22(26,27)28/h5-12H,1-4H2. The monoisotopic (exact) mass is 466 g/mol. The molecule has 2 aromatic carbocycles. The zero-order valence-corrected chi connectivity index (χ0v) is 16.9. The van der Waals surface area contributed by atoms with E-state index in [0.717, 1.165) is 25.7 Å². The molecule has 11 heteroatoms. The second kappa shape index (κ2) is 7.60. The van der Waals surface area contributed by atoms with Crippen molar-refractivity contribution in [2.75, 3.05) is 0 Å². The SMILES string of the molecule is Fc1ccc(-n2nc(C3CCCC3)nc2-c2ccc3nc(C(F)(F)C(F)(F)F)oc3c2)cc1. The summed E-state index contributed by atoms with van der Waals surface area (Å²) in [6, 6.07) is 9.62. The van der Waals surface area contributed by atoms with Crippen molar-refractivity contribution in [1.29, 1.82) is 0 Å². The van der Waals surface area contributed by atoms with Gasteiger partial charge in [-0.15, -0.1) is 0 Å². The first-order valence-corrected chi connectivity index (χ1v) is 10.2. The Labute approximate surface area is 183 Å². The number of halogens is 6. The van der Waals surface area contributed by atoms with Crippen molar-refractivity contribution >= 4 is 11.1 Å². The summed E-state index contributed by atoms with van der Waals surface area (Å²) in [4.78, 5) is 7.95. The van der Waals surface area contributed by atoms with E-state index < -0.39 is 23.8 Å². The van der Waals surface area contributed by atoms with Gasteiger partial charge >= 0.3 is 12.1 Å². The van der Waals surface area contributed by atoms with Crippen LogP contribution in [0.3, 0.4) is 0 Å². The number of rotatable bonds is 4. The van der Waals surface area contributed by atoms with Crippen molar-refractivity contribution in [3.05, 3.63) is 60.0 Å². The van der Waals surface area contributed by atoms with Gasteiger partial charge in [0, 0.05) is 11.5 Å². The third-order valence-corrected chi connectivity index (χ3v) is 5.69. The Morgan fingerprint density at radius 3 is 2.27 bits per heavy atom. The number of oxazole rings is 1. The highest BCUT2D eigenvalue weighted by atomic mass is 19.4. The van der Waals surface area contributed by atoms with E-state index in [1.807, 2.05) is 0 Å². The molecule has 0 radical (unpaired) electrons. The Morgan fingerprint density at radius 2 is 1.61 bits per heavy atom. The molecule has 0 amide bonds. The molecule has 172 valence electrons. The molecule has 0 spiro atoms.